The number of rotatable bonds is 6. The van der Waals surface area contributed by atoms with Gasteiger partial charge in [-0.05, 0) is 54.5 Å². The molecule has 2 heterocycles. The van der Waals surface area contributed by atoms with Crippen LogP contribution in [0.15, 0.2) is 87.5 Å². The summed E-state index contributed by atoms with van der Waals surface area (Å²) in [4.78, 5) is 32.4. The van der Waals surface area contributed by atoms with Crippen molar-refractivity contribution in [3.8, 4) is 5.75 Å². The van der Waals surface area contributed by atoms with Crippen LogP contribution in [0.25, 0.3) is 6.08 Å². The average Bonchev–Trinajstić information content (AvgIpc) is 3.14. The third-order valence-electron chi connectivity index (χ3n) is 5.74. The van der Waals surface area contributed by atoms with Crippen molar-refractivity contribution >= 4 is 69.3 Å². The summed E-state index contributed by atoms with van der Waals surface area (Å²) in [5.74, 6) is 0.648. The number of amides is 2. The largest absolute Gasteiger partial charge is 0.497 e. The van der Waals surface area contributed by atoms with Gasteiger partial charge in [0.2, 0.25) is 5.91 Å². The van der Waals surface area contributed by atoms with Crippen molar-refractivity contribution in [1.29, 1.82) is 0 Å². The minimum absolute atomic E-state index is 0.00409. The summed E-state index contributed by atoms with van der Waals surface area (Å²) in [6, 6.07) is 23.4. The fraction of sp³-hybridized carbons (Fsp3) is 0.148. The van der Waals surface area contributed by atoms with E-state index in [4.69, 9.17) is 17.0 Å². The molecular weight excluding hydrogens is 497 g/mol. The van der Waals surface area contributed by atoms with Gasteiger partial charge in [-0.3, -0.25) is 19.4 Å². The first kappa shape index (κ1) is 23.7. The van der Waals surface area contributed by atoms with Gasteiger partial charge in [-0.1, -0.05) is 72.1 Å². The number of anilines is 2. The molecule has 2 aliphatic heterocycles. The zero-order chi connectivity index (χ0) is 24.4. The van der Waals surface area contributed by atoms with Crippen LogP contribution in [0.5, 0.6) is 5.75 Å². The summed E-state index contributed by atoms with van der Waals surface area (Å²) >= 11 is 8.43. The van der Waals surface area contributed by atoms with Crippen LogP contribution in [0.2, 0.25) is 0 Å². The second-order valence-electron chi connectivity index (χ2n) is 7.98. The Bertz CT molecular complexity index is 1290. The van der Waals surface area contributed by atoms with Crippen LogP contribution in [0.4, 0.5) is 11.4 Å². The molecule has 0 atom stereocenters. The summed E-state index contributed by atoms with van der Waals surface area (Å²) < 4.78 is 5.71. The van der Waals surface area contributed by atoms with E-state index in [0.29, 0.717) is 28.6 Å². The van der Waals surface area contributed by atoms with Crippen LogP contribution < -0.4 is 9.64 Å². The molecule has 2 amide bonds. The first-order valence-corrected chi connectivity index (χ1v) is 13.2. The number of fused-ring (bicyclic) bond motifs is 2. The number of thioether (sulfide) groups is 1. The molecule has 8 heteroatoms. The quantitative estimate of drug-likeness (QED) is 0.274. The van der Waals surface area contributed by atoms with Gasteiger partial charge >= 0.3 is 0 Å². The molecule has 2 aliphatic rings. The number of carbonyl (C=O) groups excluding carboxylic acids is 2. The maximum Gasteiger partial charge on any atom is 0.266 e. The van der Waals surface area contributed by atoms with E-state index in [1.54, 1.807) is 28.7 Å². The first-order chi connectivity index (χ1) is 17.0. The van der Waals surface area contributed by atoms with Crippen molar-refractivity contribution < 1.29 is 14.3 Å². The Kier molecular flexibility index (Phi) is 6.95. The van der Waals surface area contributed by atoms with E-state index in [1.165, 1.54) is 11.8 Å². The standard InChI is InChI=1S/C27H22N2O3S3/c1-32-19-14-12-18(13-15-19)17-24-26(31)28(27(33)35-24)16-6-11-25(30)29-20-7-2-4-9-22(20)34-23-10-5-3-8-21(23)29/h2-5,7-10,12-15,17H,6,11,16H2,1H3/b24-17-. The van der Waals surface area contributed by atoms with E-state index in [0.717, 1.165) is 32.5 Å². The summed E-state index contributed by atoms with van der Waals surface area (Å²) in [6.07, 6.45) is 2.67. The number of methoxy groups -OCH3 is 1. The lowest BCUT2D eigenvalue weighted by Gasteiger charge is -2.31. The second-order valence-corrected chi connectivity index (χ2v) is 10.7. The highest BCUT2D eigenvalue weighted by Crippen LogP contribution is 2.48. The van der Waals surface area contributed by atoms with Crippen LogP contribution in [-0.2, 0) is 9.59 Å². The Balaban J connectivity index is 1.26. The molecule has 0 aliphatic carbocycles. The molecule has 176 valence electrons. The molecule has 0 unspecified atom stereocenters. The molecule has 5 nitrogen and oxygen atoms in total. The van der Waals surface area contributed by atoms with Gasteiger partial charge < -0.3 is 4.74 Å². The lowest BCUT2D eigenvalue weighted by Crippen LogP contribution is -2.32. The lowest BCUT2D eigenvalue weighted by atomic mass is 10.1. The Morgan fingerprint density at radius 2 is 1.57 bits per heavy atom. The third-order valence-corrected chi connectivity index (χ3v) is 8.25. The predicted octanol–water partition coefficient (Wildman–Crippen LogP) is 6.51. The van der Waals surface area contributed by atoms with Gasteiger partial charge in [0.1, 0.15) is 10.1 Å². The zero-order valence-electron chi connectivity index (χ0n) is 19.0. The normalized spacial score (nSPS) is 15.9. The van der Waals surface area contributed by atoms with Crippen LogP contribution in [0, 0.1) is 0 Å². The fourth-order valence-corrected chi connectivity index (χ4v) is 6.38. The Labute approximate surface area is 218 Å². The van der Waals surface area contributed by atoms with Gasteiger partial charge in [-0.15, -0.1) is 0 Å². The number of ether oxygens (including phenoxy) is 1. The van der Waals surface area contributed by atoms with Crippen molar-refractivity contribution in [2.45, 2.75) is 22.6 Å². The lowest BCUT2D eigenvalue weighted by molar-refractivity contribution is -0.123. The second kappa shape index (κ2) is 10.3. The SMILES string of the molecule is COc1ccc(/C=C2\SC(=S)N(CCCC(=O)N3c4ccccc4Sc4ccccc43)C2=O)cc1. The number of thiocarbonyl (C=S) groups is 1. The Morgan fingerprint density at radius 3 is 2.20 bits per heavy atom. The van der Waals surface area contributed by atoms with E-state index >= 15 is 0 Å². The number of benzene rings is 3. The predicted molar refractivity (Wildman–Crippen MR) is 146 cm³/mol. The van der Waals surface area contributed by atoms with Crippen molar-refractivity contribution in [2.24, 2.45) is 0 Å². The van der Waals surface area contributed by atoms with E-state index < -0.39 is 0 Å². The molecule has 0 spiro atoms. The van der Waals surface area contributed by atoms with Crippen molar-refractivity contribution in [3.63, 3.8) is 0 Å². The summed E-state index contributed by atoms with van der Waals surface area (Å²) in [6.45, 7) is 0.405. The van der Waals surface area contributed by atoms with Gasteiger partial charge in [-0.2, -0.15) is 0 Å². The molecule has 3 aromatic rings. The van der Waals surface area contributed by atoms with Crippen molar-refractivity contribution in [2.75, 3.05) is 18.6 Å². The number of carbonyl (C=O) groups is 2. The highest BCUT2D eigenvalue weighted by Gasteiger charge is 2.32. The van der Waals surface area contributed by atoms with E-state index in [1.807, 2.05) is 78.9 Å². The molecule has 35 heavy (non-hydrogen) atoms. The van der Waals surface area contributed by atoms with Crippen molar-refractivity contribution in [1.82, 2.24) is 4.90 Å². The zero-order valence-corrected chi connectivity index (χ0v) is 21.4. The van der Waals surface area contributed by atoms with Gasteiger partial charge in [0, 0.05) is 22.8 Å². The summed E-state index contributed by atoms with van der Waals surface area (Å²) in [5.41, 5.74) is 2.70. The minimum Gasteiger partial charge on any atom is -0.497 e. The van der Waals surface area contributed by atoms with Crippen LogP contribution in [0.1, 0.15) is 18.4 Å². The molecule has 0 bridgehead atoms. The highest BCUT2D eigenvalue weighted by atomic mass is 32.2. The number of para-hydroxylation sites is 2. The molecular formula is C27H22N2O3S3. The van der Waals surface area contributed by atoms with Gasteiger partial charge in [0.25, 0.3) is 5.91 Å². The van der Waals surface area contributed by atoms with Crippen molar-refractivity contribution in [3.05, 3.63) is 83.3 Å². The molecule has 3 aromatic carbocycles. The maximum absolute atomic E-state index is 13.4. The Hall–Kier alpha value is -3.07. The van der Waals surface area contributed by atoms with E-state index in [-0.39, 0.29) is 11.8 Å². The van der Waals surface area contributed by atoms with Gasteiger partial charge in [0.05, 0.1) is 23.4 Å². The molecule has 5 rings (SSSR count). The minimum atomic E-state index is -0.117. The van der Waals surface area contributed by atoms with Gasteiger partial charge in [0.15, 0.2) is 0 Å². The average molecular weight is 519 g/mol. The van der Waals surface area contributed by atoms with E-state index in [9.17, 15) is 9.59 Å². The molecule has 1 fully saturated rings. The molecule has 0 radical (unpaired) electrons. The first-order valence-electron chi connectivity index (χ1n) is 11.1. The smallest absolute Gasteiger partial charge is 0.266 e. The van der Waals surface area contributed by atoms with Gasteiger partial charge in [-0.25, -0.2) is 0 Å². The van der Waals surface area contributed by atoms with Crippen LogP contribution in [0.3, 0.4) is 0 Å². The summed E-state index contributed by atoms with van der Waals surface area (Å²) in [5, 5.41) is 0. The highest BCUT2D eigenvalue weighted by molar-refractivity contribution is 8.26. The topological polar surface area (TPSA) is 49.9 Å². The number of nitrogens with zero attached hydrogens (tertiary/aromatic N) is 2. The Morgan fingerprint density at radius 1 is 0.943 bits per heavy atom. The third kappa shape index (κ3) is 4.87. The van der Waals surface area contributed by atoms with Crippen LogP contribution in [-0.4, -0.2) is 34.7 Å². The molecule has 0 N–H and O–H groups in total. The number of hydrogen-bond acceptors (Lipinski definition) is 6. The van der Waals surface area contributed by atoms with E-state index in [2.05, 4.69) is 0 Å². The maximum atomic E-state index is 13.4. The number of hydrogen-bond donors (Lipinski definition) is 0. The molecule has 1 saturated heterocycles. The molecule has 0 saturated carbocycles. The monoisotopic (exact) mass is 518 g/mol. The van der Waals surface area contributed by atoms with Crippen LogP contribution >= 0.6 is 35.7 Å². The molecule has 0 aromatic heterocycles. The fourth-order valence-electron chi connectivity index (χ4n) is 4.02. The summed E-state index contributed by atoms with van der Waals surface area (Å²) in [7, 11) is 1.62.